The van der Waals surface area contributed by atoms with Crippen molar-refractivity contribution in [1.29, 1.82) is 0 Å². The monoisotopic (exact) mass is 277 g/mol. The number of fused-ring (bicyclic) bond motifs is 1. The zero-order chi connectivity index (χ0) is 13.9. The van der Waals surface area contributed by atoms with E-state index in [9.17, 15) is 0 Å². The van der Waals surface area contributed by atoms with Crippen LogP contribution in [0.15, 0.2) is 6.33 Å². The van der Waals surface area contributed by atoms with Crippen molar-refractivity contribution in [2.45, 2.75) is 32.9 Å². The fourth-order valence-corrected chi connectivity index (χ4v) is 3.34. The van der Waals surface area contributed by atoms with E-state index in [1.165, 1.54) is 44.1 Å². The molecule has 20 heavy (non-hydrogen) atoms. The lowest BCUT2D eigenvalue weighted by Gasteiger charge is -2.37. The predicted octanol–water partition coefficient (Wildman–Crippen LogP) is 0.698. The Bertz CT molecular complexity index is 420. The van der Waals surface area contributed by atoms with Gasteiger partial charge < -0.3 is 15.2 Å². The molecular formula is C15H27N5. The highest BCUT2D eigenvalue weighted by atomic mass is 15.3. The van der Waals surface area contributed by atoms with Gasteiger partial charge in [-0.3, -0.25) is 4.90 Å². The van der Waals surface area contributed by atoms with Crippen LogP contribution in [-0.4, -0.2) is 65.1 Å². The number of aromatic nitrogens is 2. The molecule has 0 amide bonds. The van der Waals surface area contributed by atoms with Gasteiger partial charge in [0.15, 0.2) is 0 Å². The van der Waals surface area contributed by atoms with Gasteiger partial charge in [-0.25, -0.2) is 4.98 Å². The average Bonchev–Trinajstić information content (AvgIpc) is 2.88. The second-order valence-electron chi connectivity index (χ2n) is 6.60. The Hall–Kier alpha value is -0.910. The van der Waals surface area contributed by atoms with E-state index in [1.807, 2.05) is 6.33 Å². The van der Waals surface area contributed by atoms with Crippen molar-refractivity contribution in [1.82, 2.24) is 25.1 Å². The second-order valence-corrected chi connectivity index (χ2v) is 6.60. The quantitative estimate of drug-likeness (QED) is 0.850. The predicted molar refractivity (Wildman–Crippen MR) is 80.6 cm³/mol. The van der Waals surface area contributed by atoms with E-state index in [0.717, 1.165) is 25.4 Å². The molecule has 2 aliphatic rings. The molecule has 0 aliphatic carbocycles. The molecule has 0 spiro atoms. The summed E-state index contributed by atoms with van der Waals surface area (Å²) in [6.07, 6.45) is 2.88. The van der Waals surface area contributed by atoms with Gasteiger partial charge >= 0.3 is 0 Å². The summed E-state index contributed by atoms with van der Waals surface area (Å²) in [5.74, 6) is 0.777. The first-order chi connectivity index (χ1) is 9.70. The first-order valence-electron chi connectivity index (χ1n) is 7.90. The molecule has 2 N–H and O–H groups in total. The van der Waals surface area contributed by atoms with Gasteiger partial charge in [0.25, 0.3) is 0 Å². The van der Waals surface area contributed by atoms with Crippen LogP contribution in [0.4, 0.5) is 0 Å². The number of aromatic amines is 1. The Kier molecular flexibility index (Phi) is 4.38. The second kappa shape index (κ2) is 6.24. The van der Waals surface area contributed by atoms with Crippen LogP contribution in [0.25, 0.3) is 0 Å². The molecule has 0 bridgehead atoms. The molecule has 0 aromatic carbocycles. The van der Waals surface area contributed by atoms with Crippen LogP contribution in [0.5, 0.6) is 0 Å². The zero-order valence-electron chi connectivity index (χ0n) is 12.7. The van der Waals surface area contributed by atoms with Crippen LogP contribution in [0.2, 0.25) is 0 Å². The van der Waals surface area contributed by atoms with Crippen molar-refractivity contribution in [3.05, 3.63) is 17.7 Å². The minimum absolute atomic E-state index is 0.558. The lowest BCUT2D eigenvalue weighted by molar-refractivity contribution is 0.112. The van der Waals surface area contributed by atoms with E-state index in [1.54, 1.807) is 0 Å². The van der Waals surface area contributed by atoms with Gasteiger partial charge in [0.05, 0.1) is 17.7 Å². The molecule has 1 aromatic rings. The van der Waals surface area contributed by atoms with E-state index in [4.69, 9.17) is 0 Å². The third-order valence-electron chi connectivity index (χ3n) is 4.38. The van der Waals surface area contributed by atoms with Gasteiger partial charge in [0.1, 0.15) is 0 Å². The average molecular weight is 277 g/mol. The highest BCUT2D eigenvalue weighted by Gasteiger charge is 2.24. The SMILES string of the molecule is CC(C)CN1CCN(CC2Cc3nc[nH]c3CN2)CC1. The van der Waals surface area contributed by atoms with E-state index < -0.39 is 0 Å². The van der Waals surface area contributed by atoms with Crippen molar-refractivity contribution >= 4 is 0 Å². The molecule has 5 heteroatoms. The van der Waals surface area contributed by atoms with Crippen LogP contribution in [0, 0.1) is 5.92 Å². The van der Waals surface area contributed by atoms with Crippen molar-refractivity contribution in [3.8, 4) is 0 Å². The van der Waals surface area contributed by atoms with Crippen LogP contribution in [0.1, 0.15) is 25.2 Å². The maximum atomic E-state index is 4.42. The highest BCUT2D eigenvalue weighted by molar-refractivity contribution is 5.16. The minimum atomic E-state index is 0.558. The van der Waals surface area contributed by atoms with E-state index >= 15 is 0 Å². The Labute approximate surface area is 121 Å². The standard InChI is InChI=1S/C15H27N5/c1-12(2)9-19-3-5-20(6-4-19)10-13-7-14-15(8-16-13)18-11-17-14/h11-13,16H,3-10H2,1-2H3,(H,17,18). The molecule has 112 valence electrons. The first kappa shape index (κ1) is 14.0. The number of H-pyrrole nitrogens is 1. The normalized spacial score (nSPS) is 25.1. The van der Waals surface area contributed by atoms with Crippen LogP contribution >= 0.6 is 0 Å². The van der Waals surface area contributed by atoms with Gasteiger partial charge in [-0.1, -0.05) is 13.8 Å². The summed E-state index contributed by atoms with van der Waals surface area (Å²) in [5.41, 5.74) is 2.52. The van der Waals surface area contributed by atoms with Gasteiger partial charge in [-0.05, 0) is 5.92 Å². The summed E-state index contributed by atoms with van der Waals surface area (Å²) in [4.78, 5) is 12.8. The van der Waals surface area contributed by atoms with Crippen molar-refractivity contribution < 1.29 is 0 Å². The van der Waals surface area contributed by atoms with Gasteiger partial charge in [0, 0.05) is 58.3 Å². The largest absolute Gasteiger partial charge is 0.347 e. The van der Waals surface area contributed by atoms with Crippen molar-refractivity contribution in [3.63, 3.8) is 0 Å². The van der Waals surface area contributed by atoms with Gasteiger partial charge in [-0.2, -0.15) is 0 Å². The highest BCUT2D eigenvalue weighted by Crippen LogP contribution is 2.14. The maximum absolute atomic E-state index is 4.42. The number of nitrogens with zero attached hydrogens (tertiary/aromatic N) is 3. The first-order valence-corrected chi connectivity index (χ1v) is 7.90. The van der Waals surface area contributed by atoms with E-state index in [2.05, 4.69) is 38.9 Å². The molecular weight excluding hydrogens is 250 g/mol. The number of piperazine rings is 1. The molecule has 1 saturated heterocycles. The smallest absolute Gasteiger partial charge is 0.0925 e. The number of rotatable bonds is 4. The lowest BCUT2D eigenvalue weighted by atomic mass is 10.0. The van der Waals surface area contributed by atoms with Gasteiger partial charge in [-0.15, -0.1) is 0 Å². The van der Waals surface area contributed by atoms with E-state index in [0.29, 0.717) is 6.04 Å². The van der Waals surface area contributed by atoms with Crippen LogP contribution in [0.3, 0.4) is 0 Å². The fourth-order valence-electron chi connectivity index (χ4n) is 3.34. The summed E-state index contributed by atoms with van der Waals surface area (Å²) in [7, 11) is 0. The summed E-state index contributed by atoms with van der Waals surface area (Å²) in [6.45, 7) is 12.8. The van der Waals surface area contributed by atoms with Gasteiger partial charge in [0.2, 0.25) is 0 Å². The lowest BCUT2D eigenvalue weighted by Crippen LogP contribution is -2.52. The minimum Gasteiger partial charge on any atom is -0.347 e. The fraction of sp³-hybridized carbons (Fsp3) is 0.800. The summed E-state index contributed by atoms with van der Waals surface area (Å²) in [6, 6.07) is 0.558. The molecule has 3 rings (SSSR count). The Morgan fingerprint density at radius 2 is 2.00 bits per heavy atom. The van der Waals surface area contributed by atoms with Crippen molar-refractivity contribution in [2.24, 2.45) is 5.92 Å². The number of nitrogens with one attached hydrogen (secondary N) is 2. The van der Waals surface area contributed by atoms with E-state index in [-0.39, 0.29) is 0 Å². The molecule has 5 nitrogen and oxygen atoms in total. The third-order valence-corrected chi connectivity index (χ3v) is 4.38. The summed E-state index contributed by atoms with van der Waals surface area (Å²) < 4.78 is 0. The Morgan fingerprint density at radius 1 is 1.25 bits per heavy atom. The van der Waals surface area contributed by atoms with Crippen LogP contribution < -0.4 is 5.32 Å². The Morgan fingerprint density at radius 3 is 2.75 bits per heavy atom. The zero-order valence-corrected chi connectivity index (χ0v) is 12.7. The molecule has 1 aromatic heterocycles. The molecule has 1 atom stereocenters. The number of hydrogen-bond donors (Lipinski definition) is 2. The third kappa shape index (κ3) is 3.40. The molecule has 1 unspecified atom stereocenters. The molecule has 3 heterocycles. The molecule has 2 aliphatic heterocycles. The molecule has 1 fully saturated rings. The summed E-state index contributed by atoms with van der Waals surface area (Å²) in [5, 5.41) is 3.63. The Balaban J connectivity index is 1.44. The number of hydrogen-bond acceptors (Lipinski definition) is 4. The van der Waals surface area contributed by atoms with Crippen molar-refractivity contribution in [2.75, 3.05) is 39.3 Å². The topological polar surface area (TPSA) is 47.2 Å². The molecule has 0 saturated carbocycles. The van der Waals surface area contributed by atoms with Crippen LogP contribution in [-0.2, 0) is 13.0 Å². The number of imidazole rings is 1. The molecule has 0 radical (unpaired) electrons. The maximum Gasteiger partial charge on any atom is 0.0925 e. The summed E-state index contributed by atoms with van der Waals surface area (Å²) >= 11 is 0.